The summed E-state index contributed by atoms with van der Waals surface area (Å²) in [6, 6.07) is 26.4. The Hall–Kier alpha value is -3.59. The number of pyridine rings is 1. The van der Waals surface area contributed by atoms with Crippen LogP contribution < -0.4 is 10.7 Å². The lowest BCUT2D eigenvalue weighted by molar-refractivity contribution is 0.953. The van der Waals surface area contributed by atoms with Crippen molar-refractivity contribution >= 4 is 43.8 Å². The largest absolute Gasteiger partial charge is 0.351 e. The van der Waals surface area contributed by atoms with Gasteiger partial charge in [-0.3, -0.25) is 4.79 Å². The number of aryl methyl sites for hydroxylation is 1. The summed E-state index contributed by atoms with van der Waals surface area (Å²) >= 11 is 0. The van der Waals surface area contributed by atoms with E-state index in [1.807, 2.05) is 66.3 Å². The Balaban J connectivity index is 1.84. The minimum Gasteiger partial charge on any atom is -0.351 e. The van der Waals surface area contributed by atoms with Crippen molar-refractivity contribution in [1.82, 2.24) is 4.57 Å². The van der Waals surface area contributed by atoms with E-state index in [0.29, 0.717) is 5.69 Å². The summed E-state index contributed by atoms with van der Waals surface area (Å²) in [5.74, 6) is 0. The molecule has 1 heterocycles. The topological polar surface area (TPSA) is 34.0 Å². The highest BCUT2D eigenvalue weighted by atomic mass is 16.1. The van der Waals surface area contributed by atoms with Gasteiger partial charge in [-0.1, -0.05) is 48.5 Å². The molecule has 4 aromatic carbocycles. The molecule has 0 aliphatic rings. The Bertz CT molecular complexity index is 1370. The maximum Gasteiger partial charge on any atom is 0.213 e. The van der Waals surface area contributed by atoms with E-state index in [-0.39, 0.29) is 5.43 Å². The van der Waals surface area contributed by atoms with Gasteiger partial charge in [-0.15, -0.1) is 0 Å². The molecule has 1 aromatic heterocycles. The van der Waals surface area contributed by atoms with Gasteiger partial charge in [0.1, 0.15) is 5.69 Å². The Morgan fingerprint density at radius 1 is 0.778 bits per heavy atom. The Labute approximate surface area is 156 Å². The molecule has 5 aromatic rings. The molecule has 0 bridgehead atoms. The van der Waals surface area contributed by atoms with Crippen molar-refractivity contribution in [3.05, 3.63) is 95.3 Å². The minimum absolute atomic E-state index is 0.0211. The number of aromatic nitrogens is 1. The van der Waals surface area contributed by atoms with Gasteiger partial charge in [0.15, 0.2) is 0 Å². The Morgan fingerprint density at radius 2 is 1.48 bits per heavy atom. The van der Waals surface area contributed by atoms with Crippen LogP contribution in [-0.4, -0.2) is 4.57 Å². The van der Waals surface area contributed by atoms with E-state index in [1.54, 1.807) is 0 Å². The van der Waals surface area contributed by atoms with Crippen molar-refractivity contribution in [3.8, 4) is 0 Å². The SMILES string of the molecule is Cn1cc(Nc2ccccc2)c(=O)c2c3cc4ccccc4cc3ccc21. The monoisotopic (exact) mass is 350 g/mol. The first-order chi connectivity index (χ1) is 13.2. The van der Waals surface area contributed by atoms with Crippen molar-refractivity contribution < 1.29 is 0 Å². The molecule has 0 radical (unpaired) electrons. The smallest absolute Gasteiger partial charge is 0.213 e. The number of nitrogens with zero attached hydrogens (tertiary/aromatic N) is 1. The van der Waals surface area contributed by atoms with Gasteiger partial charge in [-0.05, 0) is 51.9 Å². The van der Waals surface area contributed by atoms with Crippen LogP contribution in [-0.2, 0) is 7.05 Å². The predicted octanol–water partition coefficient (Wildman–Crippen LogP) is 5.59. The molecule has 5 rings (SSSR count). The second-order valence-corrected chi connectivity index (χ2v) is 6.85. The molecule has 130 valence electrons. The van der Waals surface area contributed by atoms with Crippen LogP contribution in [0.4, 0.5) is 11.4 Å². The van der Waals surface area contributed by atoms with E-state index in [1.165, 1.54) is 5.39 Å². The lowest BCUT2D eigenvalue weighted by Crippen LogP contribution is -2.12. The van der Waals surface area contributed by atoms with Gasteiger partial charge in [0.05, 0.1) is 10.9 Å². The first kappa shape index (κ1) is 15.6. The average Bonchev–Trinajstić information content (AvgIpc) is 2.70. The molecule has 0 amide bonds. The summed E-state index contributed by atoms with van der Waals surface area (Å²) in [5.41, 5.74) is 2.44. The average molecular weight is 350 g/mol. The fraction of sp³-hybridized carbons (Fsp3) is 0.0417. The van der Waals surface area contributed by atoms with E-state index in [9.17, 15) is 4.79 Å². The maximum atomic E-state index is 13.4. The highest BCUT2D eigenvalue weighted by molar-refractivity contribution is 6.11. The lowest BCUT2D eigenvalue weighted by atomic mass is 9.99. The molecule has 0 saturated heterocycles. The summed E-state index contributed by atoms with van der Waals surface area (Å²) in [7, 11) is 1.98. The molecule has 0 spiro atoms. The van der Waals surface area contributed by atoms with Gasteiger partial charge in [0, 0.05) is 18.9 Å². The van der Waals surface area contributed by atoms with Gasteiger partial charge in [-0.25, -0.2) is 0 Å². The second-order valence-electron chi connectivity index (χ2n) is 6.85. The summed E-state index contributed by atoms with van der Waals surface area (Å²) in [6.07, 6.45) is 1.87. The molecular weight excluding hydrogens is 332 g/mol. The highest BCUT2D eigenvalue weighted by Crippen LogP contribution is 2.29. The number of anilines is 2. The third kappa shape index (κ3) is 2.56. The van der Waals surface area contributed by atoms with Gasteiger partial charge in [0.25, 0.3) is 0 Å². The predicted molar refractivity (Wildman–Crippen MR) is 114 cm³/mol. The summed E-state index contributed by atoms with van der Waals surface area (Å²) < 4.78 is 2.01. The van der Waals surface area contributed by atoms with Crippen molar-refractivity contribution in [3.63, 3.8) is 0 Å². The first-order valence-corrected chi connectivity index (χ1v) is 8.98. The van der Waals surface area contributed by atoms with Crippen LogP contribution in [0.15, 0.2) is 89.9 Å². The number of nitrogens with one attached hydrogen (secondary N) is 1. The second kappa shape index (κ2) is 5.99. The van der Waals surface area contributed by atoms with Crippen LogP contribution in [0.5, 0.6) is 0 Å². The number of rotatable bonds is 2. The normalized spacial score (nSPS) is 11.3. The van der Waals surface area contributed by atoms with Crippen molar-refractivity contribution in [2.45, 2.75) is 0 Å². The molecule has 27 heavy (non-hydrogen) atoms. The van der Waals surface area contributed by atoms with Crippen LogP contribution in [0.3, 0.4) is 0 Å². The molecular formula is C24H18N2O. The first-order valence-electron chi connectivity index (χ1n) is 8.98. The van der Waals surface area contributed by atoms with E-state index in [0.717, 1.165) is 32.7 Å². The summed E-state index contributed by atoms with van der Waals surface area (Å²) in [6.45, 7) is 0. The van der Waals surface area contributed by atoms with Crippen molar-refractivity contribution in [2.75, 3.05) is 5.32 Å². The molecule has 0 fully saturated rings. The third-order valence-electron chi connectivity index (χ3n) is 5.09. The van der Waals surface area contributed by atoms with Crippen LogP contribution in [0, 0.1) is 0 Å². The van der Waals surface area contributed by atoms with Crippen molar-refractivity contribution in [2.24, 2.45) is 7.05 Å². The minimum atomic E-state index is 0.0211. The molecule has 3 heteroatoms. The van der Waals surface area contributed by atoms with Crippen LogP contribution in [0.1, 0.15) is 0 Å². The Kier molecular flexibility index (Phi) is 3.47. The van der Waals surface area contributed by atoms with Gasteiger partial charge in [0.2, 0.25) is 5.43 Å². The highest BCUT2D eigenvalue weighted by Gasteiger charge is 2.12. The molecule has 0 unspecified atom stereocenters. The standard InChI is InChI=1S/C24H18N2O/c1-26-15-21(25-19-9-3-2-4-10-19)24(27)23-20-14-17-8-6-5-7-16(17)13-18(20)11-12-22(23)26/h2-15,25H,1H3. The molecule has 0 aliphatic carbocycles. The Morgan fingerprint density at radius 3 is 2.26 bits per heavy atom. The fourth-order valence-corrected chi connectivity index (χ4v) is 3.76. The van der Waals surface area contributed by atoms with E-state index < -0.39 is 0 Å². The zero-order chi connectivity index (χ0) is 18.4. The maximum absolute atomic E-state index is 13.4. The van der Waals surface area contributed by atoms with E-state index in [2.05, 4.69) is 35.6 Å². The quantitative estimate of drug-likeness (QED) is 0.333. The lowest BCUT2D eigenvalue weighted by Gasteiger charge is -2.13. The van der Waals surface area contributed by atoms with Gasteiger partial charge in [-0.2, -0.15) is 0 Å². The number of hydrogen-bond donors (Lipinski definition) is 1. The number of benzene rings is 4. The molecule has 0 aliphatic heterocycles. The van der Waals surface area contributed by atoms with Crippen LogP contribution in [0.2, 0.25) is 0 Å². The molecule has 0 atom stereocenters. The van der Waals surface area contributed by atoms with Gasteiger partial charge >= 0.3 is 0 Å². The summed E-state index contributed by atoms with van der Waals surface area (Å²) in [5, 5.41) is 8.41. The van der Waals surface area contributed by atoms with Crippen LogP contribution >= 0.6 is 0 Å². The van der Waals surface area contributed by atoms with E-state index in [4.69, 9.17) is 0 Å². The van der Waals surface area contributed by atoms with Crippen LogP contribution in [0.25, 0.3) is 32.4 Å². The fourth-order valence-electron chi connectivity index (χ4n) is 3.76. The van der Waals surface area contributed by atoms with Gasteiger partial charge < -0.3 is 9.88 Å². The summed E-state index contributed by atoms with van der Waals surface area (Å²) in [4.78, 5) is 13.4. The van der Waals surface area contributed by atoms with Crippen molar-refractivity contribution in [1.29, 1.82) is 0 Å². The molecule has 3 nitrogen and oxygen atoms in total. The number of para-hydroxylation sites is 1. The number of hydrogen-bond acceptors (Lipinski definition) is 2. The molecule has 0 saturated carbocycles. The zero-order valence-corrected chi connectivity index (χ0v) is 14.9. The molecule has 1 N–H and O–H groups in total. The zero-order valence-electron chi connectivity index (χ0n) is 14.9. The van der Waals surface area contributed by atoms with E-state index >= 15 is 0 Å². The third-order valence-corrected chi connectivity index (χ3v) is 5.09. The number of fused-ring (bicyclic) bond motifs is 4.